The van der Waals surface area contributed by atoms with Crippen LogP contribution >= 0.6 is 11.6 Å². The Kier molecular flexibility index (Phi) is 5.36. The van der Waals surface area contributed by atoms with Crippen LogP contribution in [0.15, 0.2) is 28.8 Å². The van der Waals surface area contributed by atoms with Crippen LogP contribution in [0.1, 0.15) is 44.9 Å². The summed E-state index contributed by atoms with van der Waals surface area (Å²) in [5.74, 6) is -0.0784. The van der Waals surface area contributed by atoms with E-state index < -0.39 is 17.8 Å². The van der Waals surface area contributed by atoms with Gasteiger partial charge in [-0.25, -0.2) is 0 Å². The maximum atomic E-state index is 12.9. The Hall–Kier alpha value is -2.22. The summed E-state index contributed by atoms with van der Waals surface area (Å²) in [6.45, 7) is 6.44. The van der Waals surface area contributed by atoms with Crippen molar-refractivity contribution in [2.75, 3.05) is 16.8 Å². The maximum absolute atomic E-state index is 12.9. The Morgan fingerprint density at radius 2 is 2.00 bits per heavy atom. The highest BCUT2D eigenvalue weighted by atomic mass is 35.5. The summed E-state index contributed by atoms with van der Waals surface area (Å²) < 4.78 is 43.8. The number of carbonyl (C=O) groups excluding carboxylic acids is 1. The molecule has 2 aromatic rings. The van der Waals surface area contributed by atoms with Crippen molar-refractivity contribution < 1.29 is 22.5 Å². The lowest BCUT2D eigenvalue weighted by Crippen LogP contribution is -2.39. The molecule has 3 rings (SSSR count). The van der Waals surface area contributed by atoms with Crippen molar-refractivity contribution in [3.8, 4) is 0 Å². The van der Waals surface area contributed by atoms with Crippen LogP contribution in [-0.4, -0.2) is 23.7 Å². The molecule has 1 fully saturated rings. The van der Waals surface area contributed by atoms with Crippen molar-refractivity contribution in [2.45, 2.75) is 51.2 Å². The Labute approximate surface area is 165 Å². The first-order chi connectivity index (χ1) is 13.0. The van der Waals surface area contributed by atoms with E-state index in [4.69, 9.17) is 16.1 Å². The van der Waals surface area contributed by atoms with Gasteiger partial charge in [0.15, 0.2) is 0 Å². The molecule has 1 aromatic heterocycles. The third-order valence-corrected chi connectivity index (χ3v) is 4.97. The first-order valence-corrected chi connectivity index (χ1v) is 9.26. The van der Waals surface area contributed by atoms with E-state index in [1.807, 2.05) is 20.8 Å². The highest BCUT2D eigenvalue weighted by Crippen LogP contribution is 2.37. The lowest BCUT2D eigenvalue weighted by Gasteiger charge is -2.27. The first kappa shape index (κ1) is 20.5. The zero-order valence-corrected chi connectivity index (χ0v) is 16.5. The molecule has 0 bridgehead atoms. The number of aromatic nitrogens is 1. The Morgan fingerprint density at radius 1 is 1.29 bits per heavy atom. The molecule has 1 aliphatic rings. The highest BCUT2D eigenvalue weighted by Gasteiger charge is 2.35. The molecule has 1 aromatic carbocycles. The summed E-state index contributed by atoms with van der Waals surface area (Å²) in [7, 11) is 0. The average Bonchev–Trinajstić information content (AvgIpc) is 3.22. The van der Waals surface area contributed by atoms with Crippen LogP contribution in [0.3, 0.4) is 0 Å². The molecule has 1 saturated heterocycles. The second kappa shape index (κ2) is 7.31. The van der Waals surface area contributed by atoms with Gasteiger partial charge in [0.25, 0.3) is 0 Å². The number of rotatable bonds is 3. The molecule has 9 heteroatoms. The molecule has 0 radical (unpaired) electrons. The van der Waals surface area contributed by atoms with Crippen LogP contribution in [0.2, 0.25) is 5.02 Å². The summed E-state index contributed by atoms with van der Waals surface area (Å²) in [5.41, 5.74) is 0.0644. The van der Waals surface area contributed by atoms with E-state index in [2.05, 4.69) is 10.5 Å². The number of carbonyl (C=O) groups is 1. The van der Waals surface area contributed by atoms with Crippen LogP contribution in [0, 0.1) is 0 Å². The fourth-order valence-electron chi connectivity index (χ4n) is 3.14. The largest absolute Gasteiger partial charge is 0.416 e. The summed E-state index contributed by atoms with van der Waals surface area (Å²) in [5, 5.41) is 6.62. The van der Waals surface area contributed by atoms with E-state index in [1.165, 1.54) is 6.07 Å². The molecule has 0 unspecified atom stereocenters. The van der Waals surface area contributed by atoms with E-state index in [0.29, 0.717) is 24.3 Å². The minimum Gasteiger partial charge on any atom is -0.358 e. The van der Waals surface area contributed by atoms with Crippen LogP contribution in [-0.2, 0) is 16.4 Å². The van der Waals surface area contributed by atoms with Crippen molar-refractivity contribution in [3.63, 3.8) is 0 Å². The van der Waals surface area contributed by atoms with Gasteiger partial charge in [-0.05, 0) is 31.0 Å². The fraction of sp³-hybridized carbons (Fsp3) is 0.474. The second-order valence-corrected chi connectivity index (χ2v) is 8.24. The van der Waals surface area contributed by atoms with E-state index in [9.17, 15) is 18.0 Å². The van der Waals surface area contributed by atoms with Gasteiger partial charge in [0.2, 0.25) is 11.8 Å². The summed E-state index contributed by atoms with van der Waals surface area (Å²) in [4.78, 5) is 14.5. The smallest absolute Gasteiger partial charge is 0.358 e. The van der Waals surface area contributed by atoms with E-state index >= 15 is 0 Å². The monoisotopic (exact) mass is 415 g/mol. The number of halogens is 4. The standard InChI is InChI=1S/C19H21ClF3N3O2/c1-18(2,3)15-10-16(28-25-15)24-17(27)14-5-4-8-26(14)13-7-6-11(9-12(13)20)19(21,22)23/h6-7,9-10,14H,4-5,8H2,1-3H3,(H,24,27)/t14-/m0/s1. The molecule has 5 nitrogen and oxygen atoms in total. The van der Waals surface area contributed by atoms with Gasteiger partial charge in [-0.2, -0.15) is 13.2 Å². The molecular formula is C19H21ClF3N3O2. The molecular weight excluding hydrogens is 395 g/mol. The van der Waals surface area contributed by atoms with Crippen LogP contribution < -0.4 is 10.2 Å². The van der Waals surface area contributed by atoms with Gasteiger partial charge in [0.1, 0.15) is 6.04 Å². The number of anilines is 2. The topological polar surface area (TPSA) is 58.4 Å². The predicted molar refractivity (Wildman–Crippen MR) is 101 cm³/mol. The Morgan fingerprint density at radius 3 is 2.57 bits per heavy atom. The summed E-state index contributed by atoms with van der Waals surface area (Å²) in [6, 6.07) is 4.28. The quantitative estimate of drug-likeness (QED) is 0.743. The SMILES string of the molecule is CC(C)(C)c1cc(NC(=O)[C@@H]2CCCN2c2ccc(C(F)(F)F)cc2Cl)on1. The fourth-order valence-corrected chi connectivity index (χ4v) is 3.43. The predicted octanol–water partition coefficient (Wildman–Crippen LogP) is 5.25. The molecule has 1 amide bonds. The van der Waals surface area contributed by atoms with Gasteiger partial charge in [-0.1, -0.05) is 37.5 Å². The maximum Gasteiger partial charge on any atom is 0.416 e. The number of hydrogen-bond acceptors (Lipinski definition) is 4. The minimum absolute atomic E-state index is 0.0378. The molecule has 28 heavy (non-hydrogen) atoms. The molecule has 0 aliphatic carbocycles. The van der Waals surface area contributed by atoms with E-state index in [-0.39, 0.29) is 22.2 Å². The van der Waals surface area contributed by atoms with Gasteiger partial charge in [-0.15, -0.1) is 0 Å². The van der Waals surface area contributed by atoms with Crippen molar-refractivity contribution in [3.05, 3.63) is 40.5 Å². The highest BCUT2D eigenvalue weighted by molar-refractivity contribution is 6.33. The zero-order chi connectivity index (χ0) is 20.7. The first-order valence-electron chi connectivity index (χ1n) is 8.88. The molecule has 1 N–H and O–H groups in total. The molecule has 152 valence electrons. The van der Waals surface area contributed by atoms with Gasteiger partial charge < -0.3 is 9.42 Å². The van der Waals surface area contributed by atoms with E-state index in [0.717, 1.165) is 18.6 Å². The van der Waals surface area contributed by atoms with Crippen molar-refractivity contribution in [1.82, 2.24) is 5.16 Å². The van der Waals surface area contributed by atoms with Crippen molar-refractivity contribution >= 4 is 29.1 Å². The van der Waals surface area contributed by atoms with Crippen molar-refractivity contribution in [2.24, 2.45) is 0 Å². The third-order valence-electron chi connectivity index (χ3n) is 4.66. The number of alkyl halides is 3. The molecule has 1 aliphatic heterocycles. The molecule has 0 spiro atoms. The second-order valence-electron chi connectivity index (χ2n) is 7.83. The molecule has 0 saturated carbocycles. The molecule has 2 heterocycles. The van der Waals surface area contributed by atoms with E-state index in [1.54, 1.807) is 11.0 Å². The third kappa shape index (κ3) is 4.27. The number of nitrogens with zero attached hydrogens (tertiary/aromatic N) is 2. The normalized spacial score (nSPS) is 17.8. The van der Waals surface area contributed by atoms with Gasteiger partial charge in [-0.3, -0.25) is 10.1 Å². The van der Waals surface area contributed by atoms with Gasteiger partial charge >= 0.3 is 6.18 Å². The zero-order valence-electron chi connectivity index (χ0n) is 15.7. The number of nitrogens with one attached hydrogen (secondary N) is 1. The number of hydrogen-bond donors (Lipinski definition) is 1. The lowest BCUT2D eigenvalue weighted by molar-refractivity contribution is -0.137. The summed E-state index contributed by atoms with van der Waals surface area (Å²) in [6.07, 6.45) is -3.19. The Bertz CT molecular complexity index is 874. The summed E-state index contributed by atoms with van der Waals surface area (Å²) >= 11 is 6.10. The Balaban J connectivity index is 1.77. The van der Waals surface area contributed by atoms with Gasteiger partial charge in [0, 0.05) is 18.0 Å². The average molecular weight is 416 g/mol. The minimum atomic E-state index is -4.47. The number of benzene rings is 1. The lowest BCUT2D eigenvalue weighted by atomic mass is 9.92. The van der Waals surface area contributed by atoms with Crippen LogP contribution in [0.5, 0.6) is 0 Å². The molecule has 1 atom stereocenters. The van der Waals surface area contributed by atoms with Crippen molar-refractivity contribution in [1.29, 1.82) is 0 Å². The van der Waals surface area contributed by atoms with Crippen LogP contribution in [0.4, 0.5) is 24.7 Å². The van der Waals surface area contributed by atoms with Gasteiger partial charge in [0.05, 0.1) is 22.0 Å². The van der Waals surface area contributed by atoms with Crippen LogP contribution in [0.25, 0.3) is 0 Å². The number of amides is 1.